The second-order valence-corrected chi connectivity index (χ2v) is 7.18. The molecule has 2 N–H and O–H groups in total. The number of hydrogen-bond acceptors (Lipinski definition) is 4. The van der Waals surface area contributed by atoms with Gasteiger partial charge in [-0.05, 0) is 71.0 Å². The fourth-order valence-corrected chi connectivity index (χ4v) is 3.61. The molecule has 0 atom stereocenters. The van der Waals surface area contributed by atoms with E-state index >= 15 is 0 Å². The standard InChI is InChI=1S/C20H16FIN2O4/c1-2-28-17-10-12(8-15-18(25)23-20(27)24-19(15)26)9-16(22)14(17)7-11-4-3-5-13(21)6-11/h3-6,8-10H,2,7H2,1H3,(H2,23,24,25,26,27). The van der Waals surface area contributed by atoms with Gasteiger partial charge in [0.25, 0.3) is 11.8 Å². The molecule has 3 rings (SSSR count). The van der Waals surface area contributed by atoms with Crippen molar-refractivity contribution < 1.29 is 23.5 Å². The van der Waals surface area contributed by atoms with Gasteiger partial charge in [-0.3, -0.25) is 20.2 Å². The van der Waals surface area contributed by atoms with Crippen LogP contribution in [0.25, 0.3) is 6.08 Å². The first kappa shape index (κ1) is 20.0. The lowest BCUT2D eigenvalue weighted by Crippen LogP contribution is -2.51. The average Bonchev–Trinajstić information content (AvgIpc) is 2.61. The number of halogens is 2. The van der Waals surface area contributed by atoms with E-state index in [9.17, 15) is 18.8 Å². The van der Waals surface area contributed by atoms with Crippen molar-refractivity contribution in [2.45, 2.75) is 13.3 Å². The maximum absolute atomic E-state index is 13.5. The van der Waals surface area contributed by atoms with E-state index in [4.69, 9.17) is 4.74 Å². The van der Waals surface area contributed by atoms with E-state index in [2.05, 4.69) is 22.6 Å². The van der Waals surface area contributed by atoms with Gasteiger partial charge in [-0.1, -0.05) is 12.1 Å². The highest BCUT2D eigenvalue weighted by Gasteiger charge is 2.27. The normalized spacial score (nSPS) is 13.8. The lowest BCUT2D eigenvalue weighted by Gasteiger charge is -2.16. The van der Waals surface area contributed by atoms with Crippen LogP contribution in [0.3, 0.4) is 0 Å². The highest BCUT2D eigenvalue weighted by atomic mass is 127. The fraction of sp³-hybridized carbons (Fsp3) is 0.150. The van der Waals surface area contributed by atoms with Crippen molar-refractivity contribution in [1.82, 2.24) is 10.6 Å². The van der Waals surface area contributed by atoms with Crippen molar-refractivity contribution in [3.05, 3.63) is 68.0 Å². The van der Waals surface area contributed by atoms with Gasteiger partial charge in [0.2, 0.25) is 0 Å². The van der Waals surface area contributed by atoms with Crippen molar-refractivity contribution in [3.8, 4) is 5.75 Å². The molecule has 6 nitrogen and oxygen atoms in total. The van der Waals surface area contributed by atoms with E-state index in [1.807, 2.05) is 23.6 Å². The summed E-state index contributed by atoms with van der Waals surface area (Å²) in [5.41, 5.74) is 2.08. The minimum absolute atomic E-state index is 0.171. The van der Waals surface area contributed by atoms with E-state index in [0.29, 0.717) is 24.3 Å². The van der Waals surface area contributed by atoms with Crippen LogP contribution in [-0.4, -0.2) is 24.5 Å². The highest BCUT2D eigenvalue weighted by molar-refractivity contribution is 14.1. The van der Waals surface area contributed by atoms with Crippen LogP contribution >= 0.6 is 22.6 Å². The molecule has 0 saturated carbocycles. The van der Waals surface area contributed by atoms with E-state index in [-0.39, 0.29) is 11.4 Å². The van der Waals surface area contributed by atoms with Crippen LogP contribution < -0.4 is 15.4 Å². The van der Waals surface area contributed by atoms with Gasteiger partial charge < -0.3 is 4.74 Å². The third kappa shape index (κ3) is 4.56. The Morgan fingerprint density at radius 2 is 1.82 bits per heavy atom. The van der Waals surface area contributed by atoms with Crippen LogP contribution in [0.15, 0.2) is 42.0 Å². The predicted octanol–water partition coefficient (Wildman–Crippen LogP) is 3.17. The Hall–Kier alpha value is -2.75. The molecule has 2 aromatic rings. The zero-order valence-electron chi connectivity index (χ0n) is 14.8. The molecule has 1 saturated heterocycles. The van der Waals surface area contributed by atoms with Crippen molar-refractivity contribution >= 4 is 46.5 Å². The largest absolute Gasteiger partial charge is 0.494 e. The number of carbonyl (C=O) groups is 3. The Morgan fingerprint density at radius 1 is 1.11 bits per heavy atom. The molecular formula is C20H16FIN2O4. The smallest absolute Gasteiger partial charge is 0.328 e. The first-order valence-corrected chi connectivity index (χ1v) is 9.53. The minimum atomic E-state index is -0.845. The van der Waals surface area contributed by atoms with E-state index in [1.165, 1.54) is 18.2 Å². The van der Waals surface area contributed by atoms with E-state index < -0.39 is 17.8 Å². The fourth-order valence-electron chi connectivity index (χ4n) is 2.79. The maximum atomic E-state index is 13.5. The Morgan fingerprint density at radius 3 is 2.46 bits per heavy atom. The molecule has 0 aliphatic carbocycles. The molecule has 0 bridgehead atoms. The summed E-state index contributed by atoms with van der Waals surface area (Å²) < 4.78 is 20.1. The quantitative estimate of drug-likeness (QED) is 0.380. The lowest BCUT2D eigenvalue weighted by atomic mass is 10.0. The summed E-state index contributed by atoms with van der Waals surface area (Å²) in [5.74, 6) is -1.25. The Bertz CT molecular complexity index is 982. The number of amides is 4. The van der Waals surface area contributed by atoms with Crippen molar-refractivity contribution in [3.63, 3.8) is 0 Å². The van der Waals surface area contributed by atoms with Crippen LogP contribution in [0.2, 0.25) is 0 Å². The first-order chi connectivity index (χ1) is 13.4. The predicted molar refractivity (Wildman–Crippen MR) is 109 cm³/mol. The van der Waals surface area contributed by atoms with Crippen LogP contribution in [0.1, 0.15) is 23.6 Å². The number of benzene rings is 2. The number of ether oxygens (including phenoxy) is 1. The summed E-state index contributed by atoms with van der Waals surface area (Å²) in [4.78, 5) is 35.0. The second kappa shape index (κ2) is 8.51. The number of barbiturate groups is 1. The monoisotopic (exact) mass is 494 g/mol. The van der Waals surface area contributed by atoms with Gasteiger partial charge >= 0.3 is 6.03 Å². The maximum Gasteiger partial charge on any atom is 0.328 e. The molecule has 1 aliphatic heterocycles. The van der Waals surface area contributed by atoms with Crippen LogP contribution in [0.4, 0.5) is 9.18 Å². The lowest BCUT2D eigenvalue weighted by molar-refractivity contribution is -0.123. The van der Waals surface area contributed by atoms with E-state index in [1.54, 1.807) is 18.2 Å². The molecule has 0 radical (unpaired) electrons. The molecule has 2 aromatic carbocycles. The van der Waals surface area contributed by atoms with Crippen LogP contribution in [0.5, 0.6) is 5.75 Å². The summed E-state index contributed by atoms with van der Waals surface area (Å²) in [5, 5.41) is 4.07. The first-order valence-electron chi connectivity index (χ1n) is 8.45. The van der Waals surface area contributed by atoms with Gasteiger partial charge in [0.05, 0.1) is 6.61 Å². The Balaban J connectivity index is 1.99. The number of hydrogen-bond donors (Lipinski definition) is 2. The van der Waals surface area contributed by atoms with Crippen LogP contribution in [0, 0.1) is 9.39 Å². The number of imide groups is 2. The Kier molecular flexibility index (Phi) is 6.08. The molecule has 1 aliphatic rings. The van der Waals surface area contributed by atoms with Crippen molar-refractivity contribution in [1.29, 1.82) is 0 Å². The number of nitrogens with one attached hydrogen (secondary N) is 2. The van der Waals surface area contributed by atoms with Gasteiger partial charge in [0, 0.05) is 15.6 Å². The summed E-state index contributed by atoms with van der Waals surface area (Å²) in [6.07, 6.45) is 1.87. The number of rotatable bonds is 5. The van der Waals surface area contributed by atoms with Gasteiger partial charge in [0.15, 0.2) is 0 Å². The minimum Gasteiger partial charge on any atom is -0.494 e. The molecule has 0 aromatic heterocycles. The Labute approximate surface area is 174 Å². The van der Waals surface area contributed by atoms with Gasteiger partial charge in [-0.15, -0.1) is 0 Å². The SMILES string of the molecule is CCOc1cc(C=C2C(=O)NC(=O)NC2=O)cc(I)c1Cc1cccc(F)c1. The summed E-state index contributed by atoms with van der Waals surface area (Å²) in [6.45, 7) is 2.26. The van der Waals surface area contributed by atoms with Crippen molar-refractivity contribution in [2.24, 2.45) is 0 Å². The zero-order valence-corrected chi connectivity index (χ0v) is 17.0. The molecule has 1 fully saturated rings. The molecule has 4 amide bonds. The number of carbonyl (C=O) groups excluding carboxylic acids is 3. The van der Waals surface area contributed by atoms with Crippen molar-refractivity contribution in [2.75, 3.05) is 6.61 Å². The third-order valence-electron chi connectivity index (χ3n) is 4.00. The summed E-state index contributed by atoms with van der Waals surface area (Å²) in [7, 11) is 0. The topological polar surface area (TPSA) is 84.5 Å². The van der Waals surface area contributed by atoms with Gasteiger partial charge in [-0.25, -0.2) is 9.18 Å². The number of urea groups is 1. The average molecular weight is 494 g/mol. The highest BCUT2D eigenvalue weighted by Crippen LogP contribution is 2.30. The molecule has 8 heteroatoms. The molecule has 1 heterocycles. The molecule has 0 unspecified atom stereocenters. The molecular weight excluding hydrogens is 478 g/mol. The van der Waals surface area contributed by atoms with Gasteiger partial charge in [0.1, 0.15) is 17.1 Å². The summed E-state index contributed by atoms with van der Waals surface area (Å²) >= 11 is 2.14. The summed E-state index contributed by atoms with van der Waals surface area (Å²) in [6, 6.07) is 9.00. The molecule has 0 spiro atoms. The van der Waals surface area contributed by atoms with Crippen LogP contribution in [-0.2, 0) is 16.0 Å². The molecule has 144 valence electrons. The van der Waals surface area contributed by atoms with Gasteiger partial charge in [-0.2, -0.15) is 0 Å². The zero-order chi connectivity index (χ0) is 20.3. The molecule has 28 heavy (non-hydrogen) atoms. The van der Waals surface area contributed by atoms with E-state index in [0.717, 1.165) is 14.7 Å². The third-order valence-corrected chi connectivity index (χ3v) is 4.96. The second-order valence-electron chi connectivity index (χ2n) is 6.01.